The second-order valence-corrected chi connectivity index (χ2v) is 8.72. The van der Waals surface area contributed by atoms with Crippen molar-refractivity contribution in [2.75, 3.05) is 27.2 Å². The second kappa shape index (κ2) is 7.62. The number of likely N-dealkylation sites (tertiary alicyclic amines) is 1. The smallest absolute Gasteiger partial charge is 0.272 e. The molecule has 1 atom stereocenters. The summed E-state index contributed by atoms with van der Waals surface area (Å²) in [6, 6.07) is 14.2. The fourth-order valence-corrected chi connectivity index (χ4v) is 5.04. The average molecular weight is 392 g/mol. The summed E-state index contributed by atoms with van der Waals surface area (Å²) >= 11 is 0. The molecule has 5 nitrogen and oxygen atoms in total. The van der Waals surface area contributed by atoms with Crippen LogP contribution in [-0.4, -0.2) is 53.8 Å². The molecule has 2 amide bonds. The molecular formula is C24H29N3O2. The molecule has 2 aliphatic rings. The van der Waals surface area contributed by atoms with E-state index in [4.69, 9.17) is 0 Å². The van der Waals surface area contributed by atoms with Gasteiger partial charge in [-0.1, -0.05) is 30.3 Å². The number of aryl methyl sites for hydroxylation is 1. The van der Waals surface area contributed by atoms with Crippen LogP contribution in [0, 0.1) is 6.92 Å². The number of carbonyl (C=O) groups is 2. The van der Waals surface area contributed by atoms with E-state index in [1.807, 2.05) is 38.1 Å². The van der Waals surface area contributed by atoms with Crippen LogP contribution in [0.25, 0.3) is 0 Å². The third-order valence-electron chi connectivity index (χ3n) is 6.64. The maximum Gasteiger partial charge on any atom is 0.272 e. The molecular weight excluding hydrogens is 362 g/mol. The summed E-state index contributed by atoms with van der Waals surface area (Å²) in [5.41, 5.74) is 4.18. The van der Waals surface area contributed by atoms with Crippen LogP contribution in [0.1, 0.15) is 58.9 Å². The Balaban J connectivity index is 1.52. The number of carbonyl (C=O) groups excluding carboxylic acids is 2. The number of amides is 2. The minimum Gasteiger partial charge on any atom is -0.349 e. The molecule has 152 valence electrons. The zero-order chi connectivity index (χ0) is 20.6. The Labute approximate surface area is 172 Å². The Morgan fingerprint density at radius 3 is 2.52 bits per heavy atom. The van der Waals surface area contributed by atoms with Gasteiger partial charge in [-0.2, -0.15) is 0 Å². The molecule has 5 heteroatoms. The Hall–Kier alpha value is -2.69. The Morgan fingerprint density at radius 1 is 1.10 bits per heavy atom. The highest BCUT2D eigenvalue weighted by atomic mass is 16.2. The summed E-state index contributed by atoms with van der Waals surface area (Å²) in [4.78, 5) is 33.3. The molecule has 2 heterocycles. The van der Waals surface area contributed by atoms with E-state index in [1.54, 1.807) is 11.0 Å². The lowest BCUT2D eigenvalue weighted by Crippen LogP contribution is -2.44. The van der Waals surface area contributed by atoms with Crippen molar-refractivity contribution in [2.24, 2.45) is 0 Å². The third kappa shape index (κ3) is 3.66. The molecule has 0 saturated carbocycles. The molecule has 1 aliphatic heterocycles. The first-order valence-corrected chi connectivity index (χ1v) is 10.4. The highest BCUT2D eigenvalue weighted by Gasteiger charge is 2.46. The summed E-state index contributed by atoms with van der Waals surface area (Å²) in [5, 5.41) is 0. The topological polar surface area (TPSA) is 53.5 Å². The summed E-state index contributed by atoms with van der Waals surface area (Å²) in [5.74, 6) is 0.468. The number of pyridine rings is 1. The zero-order valence-electron chi connectivity index (χ0n) is 17.5. The number of fused-ring (bicyclic) bond motifs is 2. The molecule has 29 heavy (non-hydrogen) atoms. The van der Waals surface area contributed by atoms with Crippen molar-refractivity contribution in [3.05, 3.63) is 65.0 Å². The van der Waals surface area contributed by atoms with Gasteiger partial charge in [0.25, 0.3) is 5.91 Å². The van der Waals surface area contributed by atoms with E-state index in [1.165, 1.54) is 11.1 Å². The van der Waals surface area contributed by atoms with Crippen molar-refractivity contribution >= 4 is 11.8 Å². The zero-order valence-corrected chi connectivity index (χ0v) is 17.5. The van der Waals surface area contributed by atoms with Crippen molar-refractivity contribution in [3.63, 3.8) is 0 Å². The predicted molar refractivity (Wildman–Crippen MR) is 113 cm³/mol. The van der Waals surface area contributed by atoms with Crippen LogP contribution < -0.4 is 0 Å². The average Bonchev–Trinajstić information content (AvgIpc) is 3.01. The van der Waals surface area contributed by atoms with Gasteiger partial charge in [0.2, 0.25) is 5.91 Å². The van der Waals surface area contributed by atoms with Crippen molar-refractivity contribution in [1.82, 2.24) is 14.8 Å². The molecule has 0 N–H and O–H groups in total. The number of rotatable bonds is 3. The standard InChI is InChI=1S/C24H29N3O2/c1-17-7-6-10-21(25-17)23(29)27-13-11-24(12-14-27)16-18(15-22(28)26(2)3)19-8-4-5-9-20(19)24/h4-10,18H,11-16H2,1-3H3/t18-/m0/s1. The SMILES string of the molecule is Cc1cccc(C(=O)N2CCC3(CC2)C[C@H](CC(=O)N(C)C)c2ccccc23)n1. The van der Waals surface area contributed by atoms with Crippen LogP contribution in [0.4, 0.5) is 0 Å². The van der Waals surface area contributed by atoms with Gasteiger partial charge in [-0.3, -0.25) is 9.59 Å². The van der Waals surface area contributed by atoms with Gasteiger partial charge in [-0.25, -0.2) is 4.98 Å². The van der Waals surface area contributed by atoms with E-state index < -0.39 is 0 Å². The molecule has 1 spiro atoms. The van der Waals surface area contributed by atoms with Gasteiger partial charge in [0.15, 0.2) is 0 Å². The van der Waals surface area contributed by atoms with Gasteiger partial charge >= 0.3 is 0 Å². The predicted octanol–water partition coefficient (Wildman–Crippen LogP) is 3.53. The molecule has 1 saturated heterocycles. The van der Waals surface area contributed by atoms with Gasteiger partial charge in [-0.05, 0) is 60.8 Å². The number of aromatic nitrogens is 1. The summed E-state index contributed by atoms with van der Waals surface area (Å²) in [6.45, 7) is 3.38. The minimum atomic E-state index is 0.0224. The van der Waals surface area contributed by atoms with Crippen molar-refractivity contribution in [2.45, 2.75) is 43.9 Å². The quantitative estimate of drug-likeness (QED) is 0.804. The minimum absolute atomic E-state index is 0.0224. The number of nitrogens with zero attached hydrogens (tertiary/aromatic N) is 3. The molecule has 0 bridgehead atoms. The Bertz CT molecular complexity index is 929. The van der Waals surface area contributed by atoms with Crippen LogP contribution in [-0.2, 0) is 10.2 Å². The first-order chi connectivity index (χ1) is 13.9. The largest absolute Gasteiger partial charge is 0.349 e. The Morgan fingerprint density at radius 2 is 1.83 bits per heavy atom. The van der Waals surface area contributed by atoms with Gasteiger partial charge in [-0.15, -0.1) is 0 Å². The highest BCUT2D eigenvalue weighted by Crippen LogP contribution is 2.52. The lowest BCUT2D eigenvalue weighted by atomic mass is 9.73. The molecule has 1 aromatic carbocycles. The van der Waals surface area contributed by atoms with Crippen molar-refractivity contribution in [3.8, 4) is 0 Å². The number of piperidine rings is 1. The monoisotopic (exact) mass is 391 g/mol. The fraction of sp³-hybridized carbons (Fsp3) is 0.458. The van der Waals surface area contributed by atoms with Crippen LogP contribution >= 0.6 is 0 Å². The summed E-state index contributed by atoms with van der Waals surface area (Å²) in [6.07, 6.45) is 3.43. The van der Waals surface area contributed by atoms with E-state index in [0.29, 0.717) is 12.1 Å². The first-order valence-electron chi connectivity index (χ1n) is 10.4. The maximum absolute atomic E-state index is 12.9. The van der Waals surface area contributed by atoms with Crippen LogP contribution in [0.5, 0.6) is 0 Å². The Kier molecular flexibility index (Phi) is 5.15. The summed E-state index contributed by atoms with van der Waals surface area (Å²) in [7, 11) is 3.64. The van der Waals surface area contributed by atoms with Gasteiger partial charge in [0, 0.05) is 39.3 Å². The molecule has 1 aliphatic carbocycles. The van der Waals surface area contributed by atoms with Crippen LogP contribution in [0.2, 0.25) is 0 Å². The normalized spacial score (nSPS) is 19.8. The van der Waals surface area contributed by atoms with E-state index in [0.717, 1.165) is 38.0 Å². The molecule has 4 rings (SSSR count). The third-order valence-corrected chi connectivity index (χ3v) is 6.64. The van der Waals surface area contributed by atoms with Crippen LogP contribution in [0.3, 0.4) is 0 Å². The molecule has 1 aromatic heterocycles. The molecule has 0 radical (unpaired) electrons. The highest BCUT2D eigenvalue weighted by molar-refractivity contribution is 5.92. The fourth-order valence-electron chi connectivity index (χ4n) is 5.04. The van der Waals surface area contributed by atoms with Gasteiger partial charge < -0.3 is 9.80 Å². The van der Waals surface area contributed by atoms with E-state index in [-0.39, 0.29) is 23.1 Å². The van der Waals surface area contributed by atoms with Gasteiger partial charge in [0.05, 0.1) is 0 Å². The van der Waals surface area contributed by atoms with Crippen molar-refractivity contribution in [1.29, 1.82) is 0 Å². The van der Waals surface area contributed by atoms with Gasteiger partial charge in [0.1, 0.15) is 5.69 Å². The second-order valence-electron chi connectivity index (χ2n) is 8.72. The molecule has 2 aromatic rings. The molecule has 0 unspecified atom stereocenters. The first kappa shape index (κ1) is 19.6. The number of hydrogen-bond acceptors (Lipinski definition) is 3. The lowest BCUT2D eigenvalue weighted by molar-refractivity contribution is -0.129. The molecule has 1 fully saturated rings. The summed E-state index contributed by atoms with van der Waals surface area (Å²) < 4.78 is 0. The lowest BCUT2D eigenvalue weighted by Gasteiger charge is -2.40. The number of benzene rings is 1. The van der Waals surface area contributed by atoms with Crippen molar-refractivity contribution < 1.29 is 9.59 Å². The van der Waals surface area contributed by atoms with E-state index in [9.17, 15) is 9.59 Å². The van der Waals surface area contributed by atoms with E-state index in [2.05, 4.69) is 29.2 Å². The maximum atomic E-state index is 12.9. The number of hydrogen-bond donors (Lipinski definition) is 0. The van der Waals surface area contributed by atoms with Crippen LogP contribution in [0.15, 0.2) is 42.5 Å². The van der Waals surface area contributed by atoms with E-state index >= 15 is 0 Å².